The summed E-state index contributed by atoms with van der Waals surface area (Å²) in [6.07, 6.45) is 5.31. The lowest BCUT2D eigenvalue weighted by molar-refractivity contribution is 0.267. The zero-order chi connectivity index (χ0) is 14.8. The van der Waals surface area contributed by atoms with Crippen molar-refractivity contribution >= 4 is 10.2 Å². The van der Waals surface area contributed by atoms with Crippen LogP contribution in [0.2, 0.25) is 0 Å². The van der Waals surface area contributed by atoms with Gasteiger partial charge >= 0.3 is 0 Å². The summed E-state index contributed by atoms with van der Waals surface area (Å²) < 4.78 is 27.9. The molecule has 1 N–H and O–H groups in total. The van der Waals surface area contributed by atoms with Crippen LogP contribution in [0, 0.1) is 6.92 Å². The molecule has 0 bridgehead atoms. The van der Waals surface area contributed by atoms with Crippen molar-refractivity contribution in [2.24, 2.45) is 0 Å². The van der Waals surface area contributed by atoms with Crippen molar-refractivity contribution in [2.75, 3.05) is 14.1 Å². The first kappa shape index (κ1) is 15.4. The summed E-state index contributed by atoms with van der Waals surface area (Å²) >= 11 is 0. The first-order valence-corrected chi connectivity index (χ1v) is 8.38. The summed E-state index contributed by atoms with van der Waals surface area (Å²) in [4.78, 5) is 4.14. The van der Waals surface area contributed by atoms with Crippen LogP contribution in [0.4, 0.5) is 0 Å². The molecule has 1 aromatic rings. The van der Waals surface area contributed by atoms with Crippen LogP contribution in [0.5, 0.6) is 0 Å². The average molecular weight is 301 g/mol. The molecule has 1 saturated carbocycles. The van der Waals surface area contributed by atoms with Gasteiger partial charge in [-0.3, -0.25) is 5.10 Å². The number of hydrogen-bond acceptors (Lipinski definition) is 4. The lowest BCUT2D eigenvalue weighted by Crippen LogP contribution is -2.45. The van der Waals surface area contributed by atoms with Crippen molar-refractivity contribution in [3.63, 3.8) is 0 Å². The Labute approximate surface area is 120 Å². The Hall–Kier alpha value is -0.990. The maximum atomic E-state index is 12.5. The second-order valence-corrected chi connectivity index (χ2v) is 7.50. The van der Waals surface area contributed by atoms with Crippen molar-refractivity contribution in [2.45, 2.75) is 51.6 Å². The first-order chi connectivity index (χ1) is 9.41. The number of nitrogens with zero attached hydrogens (tertiary/aromatic N) is 4. The van der Waals surface area contributed by atoms with Gasteiger partial charge in [-0.15, -0.1) is 0 Å². The van der Waals surface area contributed by atoms with Crippen LogP contribution in [0.25, 0.3) is 0 Å². The molecule has 114 valence electrons. The normalized spacial score (nSPS) is 18.1. The van der Waals surface area contributed by atoms with Gasteiger partial charge in [0.2, 0.25) is 0 Å². The Morgan fingerprint density at radius 1 is 1.25 bits per heavy atom. The third kappa shape index (κ3) is 3.36. The van der Waals surface area contributed by atoms with Crippen molar-refractivity contribution in [1.82, 2.24) is 23.8 Å². The van der Waals surface area contributed by atoms with Crippen LogP contribution >= 0.6 is 0 Å². The lowest BCUT2D eigenvalue weighted by Gasteiger charge is -2.32. The molecule has 0 amide bonds. The molecule has 20 heavy (non-hydrogen) atoms. The van der Waals surface area contributed by atoms with Crippen LogP contribution in [0.3, 0.4) is 0 Å². The summed E-state index contributed by atoms with van der Waals surface area (Å²) in [6.45, 7) is 1.98. The molecule has 8 heteroatoms. The van der Waals surface area contributed by atoms with Crippen molar-refractivity contribution in [3.8, 4) is 0 Å². The number of hydrogen-bond donors (Lipinski definition) is 1. The molecule has 0 spiro atoms. The molecule has 0 atom stereocenters. The molecule has 1 heterocycles. The minimum Gasteiger partial charge on any atom is -0.263 e. The number of aromatic amines is 1. The van der Waals surface area contributed by atoms with Gasteiger partial charge in [0.1, 0.15) is 5.82 Å². The predicted octanol–water partition coefficient (Wildman–Crippen LogP) is 1.05. The van der Waals surface area contributed by atoms with Gasteiger partial charge in [0.25, 0.3) is 10.2 Å². The van der Waals surface area contributed by atoms with E-state index in [0.29, 0.717) is 11.6 Å². The summed E-state index contributed by atoms with van der Waals surface area (Å²) in [7, 11) is -0.213. The van der Waals surface area contributed by atoms with Crippen molar-refractivity contribution in [3.05, 3.63) is 11.6 Å². The topological polar surface area (TPSA) is 82.2 Å². The molecule has 0 unspecified atom stereocenters. The van der Waals surface area contributed by atoms with Gasteiger partial charge in [0, 0.05) is 20.1 Å². The Morgan fingerprint density at radius 2 is 1.90 bits per heavy atom. The van der Waals surface area contributed by atoms with Crippen LogP contribution in [-0.2, 0) is 16.8 Å². The van der Waals surface area contributed by atoms with Crippen molar-refractivity contribution in [1.29, 1.82) is 0 Å². The second kappa shape index (κ2) is 6.19. The molecular weight excluding hydrogens is 278 g/mol. The molecule has 1 aromatic heterocycles. The van der Waals surface area contributed by atoms with Gasteiger partial charge in [-0.2, -0.15) is 22.1 Å². The average Bonchev–Trinajstić information content (AvgIpc) is 2.84. The third-order valence-electron chi connectivity index (χ3n) is 3.85. The fourth-order valence-corrected chi connectivity index (χ4v) is 3.90. The summed E-state index contributed by atoms with van der Waals surface area (Å²) in [5.41, 5.74) is 0. The van der Waals surface area contributed by atoms with Gasteiger partial charge in [-0.05, 0) is 19.8 Å². The molecule has 1 aliphatic carbocycles. The zero-order valence-corrected chi connectivity index (χ0v) is 13.2. The quantitative estimate of drug-likeness (QED) is 0.881. The zero-order valence-electron chi connectivity index (χ0n) is 12.3. The highest BCUT2D eigenvalue weighted by Crippen LogP contribution is 2.24. The fourth-order valence-electron chi connectivity index (χ4n) is 2.59. The molecule has 1 aliphatic rings. The van der Waals surface area contributed by atoms with Crippen LogP contribution in [0.15, 0.2) is 0 Å². The second-order valence-electron chi connectivity index (χ2n) is 5.41. The highest BCUT2D eigenvalue weighted by atomic mass is 32.2. The van der Waals surface area contributed by atoms with Gasteiger partial charge in [-0.1, -0.05) is 19.3 Å². The Kier molecular flexibility index (Phi) is 4.77. The van der Waals surface area contributed by atoms with Crippen LogP contribution in [-0.4, -0.2) is 52.3 Å². The SMILES string of the molecule is Cc1nc(CN(C)S(=O)(=O)N(C)C2CCCCC2)n[nH]1. The minimum absolute atomic E-state index is 0.116. The Bertz CT molecular complexity index is 536. The van der Waals surface area contributed by atoms with E-state index in [4.69, 9.17) is 0 Å². The van der Waals surface area contributed by atoms with E-state index >= 15 is 0 Å². The number of nitrogens with one attached hydrogen (secondary N) is 1. The van der Waals surface area contributed by atoms with Gasteiger partial charge in [-0.25, -0.2) is 4.98 Å². The largest absolute Gasteiger partial charge is 0.282 e. The smallest absolute Gasteiger partial charge is 0.263 e. The number of aromatic nitrogens is 3. The highest BCUT2D eigenvalue weighted by Gasteiger charge is 2.31. The number of H-pyrrole nitrogens is 1. The van der Waals surface area contributed by atoms with Gasteiger partial charge in [0.15, 0.2) is 5.82 Å². The maximum absolute atomic E-state index is 12.5. The fraction of sp³-hybridized carbons (Fsp3) is 0.833. The third-order valence-corrected chi connectivity index (χ3v) is 5.80. The van der Waals surface area contributed by atoms with E-state index in [9.17, 15) is 8.42 Å². The van der Waals surface area contributed by atoms with Crippen LogP contribution < -0.4 is 0 Å². The Morgan fingerprint density at radius 3 is 2.45 bits per heavy atom. The first-order valence-electron chi connectivity index (χ1n) is 6.98. The van der Waals surface area contributed by atoms with E-state index in [2.05, 4.69) is 15.2 Å². The Balaban J connectivity index is 2.04. The monoisotopic (exact) mass is 301 g/mol. The molecular formula is C12H23N5O2S. The molecule has 0 radical (unpaired) electrons. The highest BCUT2D eigenvalue weighted by molar-refractivity contribution is 7.86. The van der Waals surface area contributed by atoms with Gasteiger partial charge in [0.05, 0.1) is 6.54 Å². The molecule has 7 nitrogen and oxygen atoms in total. The summed E-state index contributed by atoms with van der Waals surface area (Å²) in [5.74, 6) is 1.18. The number of aryl methyl sites for hydroxylation is 1. The predicted molar refractivity (Wildman–Crippen MR) is 76.1 cm³/mol. The lowest BCUT2D eigenvalue weighted by atomic mass is 9.96. The maximum Gasteiger partial charge on any atom is 0.282 e. The van der Waals surface area contributed by atoms with Crippen LogP contribution in [0.1, 0.15) is 43.8 Å². The van der Waals surface area contributed by atoms with E-state index in [1.54, 1.807) is 21.0 Å². The summed E-state index contributed by atoms with van der Waals surface area (Å²) in [6, 6.07) is 0.116. The van der Waals surface area contributed by atoms with E-state index in [-0.39, 0.29) is 12.6 Å². The molecule has 0 aromatic carbocycles. The molecule has 0 aliphatic heterocycles. The van der Waals surface area contributed by atoms with Gasteiger partial charge < -0.3 is 0 Å². The van der Waals surface area contributed by atoms with E-state index in [0.717, 1.165) is 25.7 Å². The summed E-state index contributed by atoms with van der Waals surface area (Å²) in [5, 5.41) is 6.70. The molecule has 2 rings (SSSR count). The van der Waals surface area contributed by atoms with E-state index < -0.39 is 10.2 Å². The van der Waals surface area contributed by atoms with E-state index in [1.807, 2.05) is 0 Å². The molecule has 0 saturated heterocycles. The van der Waals surface area contributed by atoms with E-state index in [1.165, 1.54) is 15.0 Å². The minimum atomic E-state index is -3.45. The van der Waals surface area contributed by atoms with Crippen molar-refractivity contribution < 1.29 is 8.42 Å². The number of rotatable bonds is 5. The standard InChI is InChI=1S/C12H23N5O2S/c1-10-13-12(15-14-10)9-16(2)20(18,19)17(3)11-7-5-4-6-8-11/h11H,4-9H2,1-3H3,(H,13,14,15). The molecule has 1 fully saturated rings.